The number of nitrogens with zero attached hydrogens (tertiary/aromatic N) is 1. The third kappa shape index (κ3) is 4.54. The van der Waals surface area contributed by atoms with Gasteiger partial charge in [0.1, 0.15) is 11.5 Å². The highest BCUT2D eigenvalue weighted by molar-refractivity contribution is 7.91. The fourth-order valence-electron chi connectivity index (χ4n) is 4.38. The van der Waals surface area contributed by atoms with Crippen molar-refractivity contribution in [3.8, 4) is 11.3 Å². The van der Waals surface area contributed by atoms with E-state index in [0.29, 0.717) is 28.5 Å². The van der Waals surface area contributed by atoms with Crippen LogP contribution < -0.4 is 0 Å². The van der Waals surface area contributed by atoms with Crippen LogP contribution in [-0.4, -0.2) is 36.8 Å². The normalized spacial score (nSPS) is 17.3. The highest BCUT2D eigenvalue weighted by Gasteiger charge is 2.36. The molecule has 0 N–H and O–H groups in total. The molecule has 2 heterocycles. The van der Waals surface area contributed by atoms with E-state index in [0.717, 1.165) is 16.3 Å². The van der Waals surface area contributed by atoms with E-state index in [2.05, 4.69) is 0 Å². The Labute approximate surface area is 197 Å². The van der Waals surface area contributed by atoms with Gasteiger partial charge in [0.2, 0.25) is 0 Å². The van der Waals surface area contributed by atoms with E-state index in [9.17, 15) is 13.2 Å². The van der Waals surface area contributed by atoms with Gasteiger partial charge in [0.25, 0.3) is 5.91 Å². The van der Waals surface area contributed by atoms with Crippen LogP contribution in [0.3, 0.4) is 0 Å². The number of rotatable bonds is 5. The molecule has 0 saturated carbocycles. The predicted molar refractivity (Wildman–Crippen MR) is 130 cm³/mol. The summed E-state index contributed by atoms with van der Waals surface area (Å²) in [6, 6.07) is 23.9. The van der Waals surface area contributed by atoms with Crippen molar-refractivity contribution in [1.82, 2.24) is 4.90 Å². The van der Waals surface area contributed by atoms with E-state index in [1.165, 1.54) is 0 Å². The van der Waals surface area contributed by atoms with Gasteiger partial charge in [-0.2, -0.15) is 0 Å². The van der Waals surface area contributed by atoms with Crippen LogP contribution in [0, 0.1) is 0 Å². The van der Waals surface area contributed by atoms with Gasteiger partial charge >= 0.3 is 0 Å². The van der Waals surface area contributed by atoms with Crippen molar-refractivity contribution in [2.45, 2.75) is 19.0 Å². The average molecular weight is 480 g/mol. The summed E-state index contributed by atoms with van der Waals surface area (Å²) < 4.78 is 30.5. The molecule has 1 aliphatic rings. The molecule has 0 radical (unpaired) electrons. The number of furan rings is 1. The number of hydrogen-bond donors (Lipinski definition) is 0. The molecule has 1 fully saturated rings. The largest absolute Gasteiger partial charge is 0.459 e. The lowest BCUT2D eigenvalue weighted by atomic mass is 10.0. The van der Waals surface area contributed by atoms with Crippen molar-refractivity contribution in [1.29, 1.82) is 0 Å². The van der Waals surface area contributed by atoms with Crippen LogP contribution in [0.1, 0.15) is 22.5 Å². The fourth-order valence-corrected chi connectivity index (χ4v) is 6.30. The van der Waals surface area contributed by atoms with Crippen LogP contribution in [0.25, 0.3) is 22.1 Å². The highest BCUT2D eigenvalue weighted by Crippen LogP contribution is 2.29. The van der Waals surface area contributed by atoms with Crippen molar-refractivity contribution in [2.24, 2.45) is 0 Å². The van der Waals surface area contributed by atoms with Gasteiger partial charge in [0, 0.05) is 22.2 Å². The molecule has 1 aromatic heterocycles. The maximum Gasteiger partial charge on any atom is 0.255 e. The lowest BCUT2D eigenvalue weighted by molar-refractivity contribution is 0.0668. The van der Waals surface area contributed by atoms with Gasteiger partial charge in [-0.25, -0.2) is 8.42 Å². The van der Waals surface area contributed by atoms with Gasteiger partial charge in [-0.3, -0.25) is 4.79 Å². The number of hydrogen-bond acceptors (Lipinski definition) is 4. The first-order valence-corrected chi connectivity index (χ1v) is 12.9. The summed E-state index contributed by atoms with van der Waals surface area (Å²) >= 11 is 6.10. The molecule has 3 aromatic carbocycles. The fraction of sp³-hybridized carbons (Fsp3) is 0.192. The zero-order valence-electron chi connectivity index (χ0n) is 17.8. The van der Waals surface area contributed by atoms with Gasteiger partial charge in [0.05, 0.1) is 18.1 Å². The minimum Gasteiger partial charge on any atom is -0.459 e. The summed E-state index contributed by atoms with van der Waals surface area (Å²) in [6.45, 7) is 0.183. The van der Waals surface area contributed by atoms with Crippen molar-refractivity contribution in [3.63, 3.8) is 0 Å². The molecule has 168 valence electrons. The molecule has 0 unspecified atom stereocenters. The third-order valence-corrected chi connectivity index (χ3v) is 8.01. The summed E-state index contributed by atoms with van der Waals surface area (Å²) in [5.74, 6) is 1.08. The number of fused-ring (bicyclic) bond motifs is 1. The molecule has 1 aliphatic heterocycles. The Morgan fingerprint density at radius 3 is 2.58 bits per heavy atom. The second kappa shape index (κ2) is 8.69. The Bertz CT molecular complexity index is 1440. The van der Waals surface area contributed by atoms with Crippen molar-refractivity contribution < 1.29 is 17.6 Å². The van der Waals surface area contributed by atoms with E-state index in [4.69, 9.17) is 16.0 Å². The molecule has 5 nitrogen and oxygen atoms in total. The van der Waals surface area contributed by atoms with Gasteiger partial charge in [-0.15, -0.1) is 0 Å². The van der Waals surface area contributed by atoms with Crippen molar-refractivity contribution >= 4 is 38.1 Å². The minimum absolute atomic E-state index is 0.0363. The third-order valence-electron chi connectivity index (χ3n) is 6.03. The maximum atomic E-state index is 13.8. The van der Waals surface area contributed by atoms with E-state index in [1.807, 2.05) is 66.7 Å². The molecule has 33 heavy (non-hydrogen) atoms. The number of amides is 1. The number of halogens is 1. The Kier molecular flexibility index (Phi) is 5.72. The van der Waals surface area contributed by atoms with E-state index in [1.54, 1.807) is 17.0 Å². The predicted octanol–water partition coefficient (Wildman–Crippen LogP) is 5.58. The standard InChI is InChI=1S/C26H22ClNO4S/c27-20-8-3-7-19(15-20)25-12-11-22(32-25)16-28(21-13-14-33(30,31)17-21)26(29)24-10-4-6-18-5-1-2-9-23(18)24/h1-12,15,21H,13-14,16-17H2/t21-/m0/s1. The van der Waals surface area contributed by atoms with Crippen molar-refractivity contribution in [2.75, 3.05) is 11.5 Å². The number of benzene rings is 3. The molecular formula is C26H22ClNO4S. The van der Waals surface area contributed by atoms with E-state index < -0.39 is 15.9 Å². The number of carbonyl (C=O) groups excluding carboxylic acids is 1. The van der Waals surface area contributed by atoms with Gasteiger partial charge < -0.3 is 9.32 Å². The van der Waals surface area contributed by atoms with E-state index >= 15 is 0 Å². The van der Waals surface area contributed by atoms with Crippen LogP contribution in [0.5, 0.6) is 0 Å². The first-order chi connectivity index (χ1) is 15.9. The Morgan fingerprint density at radius 2 is 1.79 bits per heavy atom. The number of sulfone groups is 1. The average Bonchev–Trinajstić information content (AvgIpc) is 3.42. The monoisotopic (exact) mass is 479 g/mol. The van der Waals surface area contributed by atoms with Gasteiger partial charge in [-0.1, -0.05) is 60.1 Å². The second-order valence-corrected chi connectivity index (χ2v) is 11.0. The quantitative estimate of drug-likeness (QED) is 0.374. The summed E-state index contributed by atoms with van der Waals surface area (Å²) in [5.41, 5.74) is 1.39. The van der Waals surface area contributed by atoms with Crippen LogP contribution in [0.4, 0.5) is 0 Å². The molecule has 1 amide bonds. The molecule has 4 aromatic rings. The van der Waals surface area contributed by atoms with Crippen LogP contribution in [0.15, 0.2) is 83.3 Å². The molecule has 0 aliphatic carbocycles. The van der Waals surface area contributed by atoms with Crippen LogP contribution in [0.2, 0.25) is 5.02 Å². The van der Waals surface area contributed by atoms with Gasteiger partial charge in [0.15, 0.2) is 9.84 Å². The Balaban J connectivity index is 1.50. The molecular weight excluding hydrogens is 458 g/mol. The minimum atomic E-state index is -3.17. The highest BCUT2D eigenvalue weighted by atomic mass is 35.5. The number of carbonyl (C=O) groups is 1. The summed E-state index contributed by atoms with van der Waals surface area (Å²) in [4.78, 5) is 15.4. The van der Waals surface area contributed by atoms with Gasteiger partial charge in [-0.05, 0) is 47.5 Å². The van der Waals surface area contributed by atoms with Crippen LogP contribution in [-0.2, 0) is 16.4 Å². The molecule has 1 atom stereocenters. The van der Waals surface area contributed by atoms with Crippen molar-refractivity contribution in [3.05, 3.63) is 95.2 Å². The Hall–Kier alpha value is -3.09. The van der Waals surface area contributed by atoms with E-state index in [-0.39, 0.29) is 24.0 Å². The first kappa shape index (κ1) is 21.7. The lowest BCUT2D eigenvalue weighted by Gasteiger charge is -2.28. The molecule has 5 rings (SSSR count). The Morgan fingerprint density at radius 1 is 1.00 bits per heavy atom. The topological polar surface area (TPSA) is 67.6 Å². The zero-order valence-corrected chi connectivity index (χ0v) is 19.4. The molecule has 0 spiro atoms. The maximum absolute atomic E-state index is 13.8. The summed E-state index contributed by atoms with van der Waals surface area (Å²) in [5, 5.41) is 2.41. The molecule has 7 heteroatoms. The summed E-state index contributed by atoms with van der Waals surface area (Å²) in [7, 11) is -3.17. The lowest BCUT2D eigenvalue weighted by Crippen LogP contribution is -2.40. The molecule has 1 saturated heterocycles. The van der Waals surface area contributed by atoms with Crippen LogP contribution >= 0.6 is 11.6 Å². The SMILES string of the molecule is O=C(c1cccc2ccccc12)N(Cc1ccc(-c2cccc(Cl)c2)o1)[C@H]1CCS(=O)(=O)C1. The molecule has 0 bridgehead atoms. The zero-order chi connectivity index (χ0) is 23.0. The summed E-state index contributed by atoms with van der Waals surface area (Å²) in [6.07, 6.45) is 0.417. The second-order valence-electron chi connectivity index (χ2n) is 8.29. The first-order valence-electron chi connectivity index (χ1n) is 10.7. The smallest absolute Gasteiger partial charge is 0.255 e.